The summed E-state index contributed by atoms with van der Waals surface area (Å²) in [6.07, 6.45) is 0.479. The molecule has 0 spiro atoms. The molecule has 6 nitrogen and oxygen atoms in total. The predicted octanol–water partition coefficient (Wildman–Crippen LogP) is 0.718. The average molecular weight is 252 g/mol. The summed E-state index contributed by atoms with van der Waals surface area (Å²) in [5.41, 5.74) is 6.35. The highest BCUT2D eigenvalue weighted by Gasteiger charge is 2.16. The maximum Gasteiger partial charge on any atom is 0.241 e. The lowest BCUT2D eigenvalue weighted by Crippen LogP contribution is -2.36. The molecule has 1 heterocycles. The van der Waals surface area contributed by atoms with Crippen LogP contribution in [-0.2, 0) is 9.53 Å². The van der Waals surface area contributed by atoms with Crippen LogP contribution in [0.15, 0.2) is 18.2 Å². The number of amides is 1. The fourth-order valence-electron chi connectivity index (χ4n) is 1.59. The molecule has 1 amide bonds. The molecule has 18 heavy (non-hydrogen) atoms. The smallest absolute Gasteiger partial charge is 0.241 e. The number of benzene rings is 1. The van der Waals surface area contributed by atoms with Crippen LogP contribution in [0, 0.1) is 0 Å². The number of hydrogen-bond acceptors (Lipinski definition) is 5. The SMILES string of the molecule is COCCC(N)C(=O)Nc1ccc2c(c1)OCO2. The topological polar surface area (TPSA) is 82.8 Å². The van der Waals surface area contributed by atoms with Gasteiger partial charge in [-0.15, -0.1) is 0 Å². The number of rotatable bonds is 5. The third kappa shape index (κ3) is 2.91. The maximum atomic E-state index is 11.8. The summed E-state index contributed by atoms with van der Waals surface area (Å²) < 4.78 is 15.3. The van der Waals surface area contributed by atoms with Gasteiger partial charge in [0.15, 0.2) is 11.5 Å². The first-order valence-electron chi connectivity index (χ1n) is 5.65. The van der Waals surface area contributed by atoms with E-state index in [9.17, 15) is 4.79 Å². The first-order chi connectivity index (χ1) is 8.70. The molecule has 1 aliphatic heterocycles. The second-order valence-corrected chi connectivity index (χ2v) is 3.95. The molecule has 1 aromatic rings. The lowest BCUT2D eigenvalue weighted by Gasteiger charge is -2.11. The van der Waals surface area contributed by atoms with Crippen LogP contribution >= 0.6 is 0 Å². The summed E-state index contributed by atoms with van der Waals surface area (Å²) in [7, 11) is 1.57. The Morgan fingerprint density at radius 1 is 1.50 bits per heavy atom. The number of carbonyl (C=O) groups is 1. The number of ether oxygens (including phenoxy) is 3. The highest BCUT2D eigenvalue weighted by Crippen LogP contribution is 2.34. The van der Waals surface area contributed by atoms with Gasteiger partial charge in [-0.05, 0) is 18.6 Å². The van der Waals surface area contributed by atoms with Crippen molar-refractivity contribution in [1.29, 1.82) is 0 Å². The molecule has 0 saturated heterocycles. The van der Waals surface area contributed by atoms with Gasteiger partial charge in [-0.1, -0.05) is 0 Å². The van der Waals surface area contributed by atoms with Crippen LogP contribution in [0.3, 0.4) is 0 Å². The Kier molecular flexibility index (Phi) is 4.01. The van der Waals surface area contributed by atoms with Crippen molar-refractivity contribution in [3.8, 4) is 11.5 Å². The van der Waals surface area contributed by atoms with Gasteiger partial charge in [0.1, 0.15) is 0 Å². The van der Waals surface area contributed by atoms with Crippen LogP contribution in [-0.4, -0.2) is 32.5 Å². The Hall–Kier alpha value is -1.79. The van der Waals surface area contributed by atoms with E-state index in [-0.39, 0.29) is 12.7 Å². The minimum atomic E-state index is -0.588. The number of fused-ring (bicyclic) bond motifs is 1. The first-order valence-corrected chi connectivity index (χ1v) is 5.65. The van der Waals surface area contributed by atoms with Gasteiger partial charge in [0, 0.05) is 25.5 Å². The third-order valence-electron chi connectivity index (χ3n) is 2.61. The summed E-state index contributed by atoms with van der Waals surface area (Å²) in [5, 5.41) is 2.73. The normalized spacial score (nSPS) is 14.3. The Morgan fingerprint density at radius 3 is 3.06 bits per heavy atom. The van der Waals surface area contributed by atoms with Gasteiger partial charge >= 0.3 is 0 Å². The Labute approximate surface area is 105 Å². The van der Waals surface area contributed by atoms with Crippen LogP contribution in [0.2, 0.25) is 0 Å². The van der Waals surface area contributed by atoms with Crippen molar-refractivity contribution in [2.45, 2.75) is 12.5 Å². The lowest BCUT2D eigenvalue weighted by molar-refractivity contribution is -0.117. The standard InChI is InChI=1S/C12H16N2O4/c1-16-5-4-9(13)12(15)14-8-2-3-10-11(6-8)18-7-17-10/h2-3,6,9H,4-5,7,13H2,1H3,(H,14,15). The highest BCUT2D eigenvalue weighted by molar-refractivity contribution is 5.94. The van der Waals surface area contributed by atoms with Crippen molar-refractivity contribution in [3.05, 3.63) is 18.2 Å². The van der Waals surface area contributed by atoms with Crippen LogP contribution < -0.4 is 20.5 Å². The van der Waals surface area contributed by atoms with Crippen molar-refractivity contribution < 1.29 is 19.0 Å². The molecule has 6 heteroatoms. The minimum Gasteiger partial charge on any atom is -0.454 e. The fraction of sp³-hybridized carbons (Fsp3) is 0.417. The number of nitrogens with two attached hydrogens (primary N) is 1. The van der Waals surface area contributed by atoms with Crippen molar-refractivity contribution in [2.75, 3.05) is 25.8 Å². The zero-order chi connectivity index (χ0) is 13.0. The van der Waals surface area contributed by atoms with Crippen molar-refractivity contribution in [3.63, 3.8) is 0 Å². The Morgan fingerprint density at radius 2 is 2.28 bits per heavy atom. The molecule has 1 unspecified atom stereocenters. The van der Waals surface area contributed by atoms with E-state index in [1.807, 2.05) is 0 Å². The van der Waals surface area contributed by atoms with Gasteiger partial charge in [-0.3, -0.25) is 4.79 Å². The molecule has 0 bridgehead atoms. The van der Waals surface area contributed by atoms with Gasteiger partial charge in [0.25, 0.3) is 0 Å². The van der Waals surface area contributed by atoms with E-state index in [0.29, 0.717) is 30.2 Å². The first kappa shape index (κ1) is 12.7. The summed E-state index contributed by atoms with van der Waals surface area (Å²) in [4.78, 5) is 11.8. The largest absolute Gasteiger partial charge is 0.454 e. The molecule has 3 N–H and O–H groups in total. The summed E-state index contributed by atoms with van der Waals surface area (Å²) in [6.45, 7) is 0.663. The number of carbonyl (C=O) groups excluding carboxylic acids is 1. The van der Waals surface area contributed by atoms with Crippen LogP contribution in [0.25, 0.3) is 0 Å². The number of methoxy groups -OCH3 is 1. The van der Waals surface area contributed by atoms with Gasteiger partial charge in [0.2, 0.25) is 12.7 Å². The summed E-state index contributed by atoms with van der Waals surface area (Å²) >= 11 is 0. The molecule has 0 saturated carbocycles. The van der Waals surface area contributed by atoms with E-state index < -0.39 is 6.04 Å². The molecule has 2 rings (SSSR count). The molecule has 1 aromatic carbocycles. The maximum absolute atomic E-state index is 11.8. The predicted molar refractivity (Wildman–Crippen MR) is 65.7 cm³/mol. The third-order valence-corrected chi connectivity index (χ3v) is 2.61. The Balaban J connectivity index is 1.94. The molecule has 0 aromatic heterocycles. The molecule has 0 fully saturated rings. The van der Waals surface area contributed by atoms with E-state index >= 15 is 0 Å². The van der Waals surface area contributed by atoms with Crippen molar-refractivity contribution in [1.82, 2.24) is 0 Å². The van der Waals surface area contributed by atoms with E-state index in [1.165, 1.54) is 0 Å². The lowest BCUT2D eigenvalue weighted by atomic mass is 10.2. The van der Waals surface area contributed by atoms with Crippen molar-refractivity contribution in [2.24, 2.45) is 5.73 Å². The Bertz CT molecular complexity index is 436. The highest BCUT2D eigenvalue weighted by atomic mass is 16.7. The monoisotopic (exact) mass is 252 g/mol. The average Bonchev–Trinajstić information content (AvgIpc) is 2.83. The number of nitrogens with one attached hydrogen (secondary N) is 1. The van der Waals surface area contributed by atoms with E-state index in [2.05, 4.69) is 5.32 Å². The van der Waals surface area contributed by atoms with Crippen LogP contribution in [0.1, 0.15) is 6.42 Å². The van der Waals surface area contributed by atoms with Gasteiger partial charge in [-0.25, -0.2) is 0 Å². The second-order valence-electron chi connectivity index (χ2n) is 3.95. The second kappa shape index (κ2) is 5.70. The molecule has 98 valence electrons. The molecule has 1 aliphatic rings. The fourth-order valence-corrected chi connectivity index (χ4v) is 1.59. The molecular formula is C12H16N2O4. The number of anilines is 1. The summed E-state index contributed by atoms with van der Waals surface area (Å²) in [6, 6.07) is 4.62. The van der Waals surface area contributed by atoms with Gasteiger partial charge in [-0.2, -0.15) is 0 Å². The molecule has 1 atom stereocenters. The van der Waals surface area contributed by atoms with E-state index in [4.69, 9.17) is 19.9 Å². The minimum absolute atomic E-state index is 0.208. The number of hydrogen-bond donors (Lipinski definition) is 2. The van der Waals surface area contributed by atoms with E-state index in [0.717, 1.165) is 0 Å². The van der Waals surface area contributed by atoms with Crippen LogP contribution in [0.4, 0.5) is 5.69 Å². The quantitative estimate of drug-likeness (QED) is 0.806. The molecule has 0 aliphatic carbocycles. The van der Waals surface area contributed by atoms with E-state index in [1.54, 1.807) is 25.3 Å². The molecule has 0 radical (unpaired) electrons. The summed E-state index contributed by atoms with van der Waals surface area (Å²) in [5.74, 6) is 1.06. The van der Waals surface area contributed by atoms with Crippen molar-refractivity contribution >= 4 is 11.6 Å². The zero-order valence-corrected chi connectivity index (χ0v) is 10.1. The molecular weight excluding hydrogens is 236 g/mol. The van der Waals surface area contributed by atoms with Gasteiger partial charge in [0.05, 0.1) is 6.04 Å². The van der Waals surface area contributed by atoms with Gasteiger partial charge < -0.3 is 25.3 Å². The van der Waals surface area contributed by atoms with Crippen LogP contribution in [0.5, 0.6) is 11.5 Å². The zero-order valence-electron chi connectivity index (χ0n) is 10.1.